The van der Waals surface area contributed by atoms with Gasteiger partial charge in [0.05, 0.1) is 0 Å². The van der Waals surface area contributed by atoms with Gasteiger partial charge in [-0.05, 0) is 6.42 Å². The number of unbranched alkanes of at least 4 members (excludes halogenated alkanes) is 3. The summed E-state index contributed by atoms with van der Waals surface area (Å²) in [4.78, 5) is 10.3. The first-order chi connectivity index (χ1) is 5.50. The van der Waals surface area contributed by atoms with Crippen molar-refractivity contribution in [1.29, 1.82) is 0 Å². The maximum Gasteiger partial charge on any atom is 0.216 e. The molecular weight excluding hydrogens is 154 g/mol. The summed E-state index contributed by atoms with van der Waals surface area (Å²) in [5.41, 5.74) is -0.728. The van der Waals surface area contributed by atoms with E-state index in [1.165, 1.54) is 12.8 Å². The molecule has 0 unspecified atom stereocenters. The van der Waals surface area contributed by atoms with Crippen molar-refractivity contribution in [2.45, 2.75) is 58.4 Å². The highest BCUT2D eigenvalue weighted by atomic mass is 16.6. The zero-order valence-corrected chi connectivity index (χ0v) is 8.30. The summed E-state index contributed by atoms with van der Waals surface area (Å²) in [7, 11) is 0. The van der Waals surface area contributed by atoms with E-state index in [9.17, 15) is 10.1 Å². The lowest BCUT2D eigenvalue weighted by molar-refractivity contribution is -0.561. The molecule has 3 heteroatoms. The van der Waals surface area contributed by atoms with E-state index >= 15 is 0 Å². The van der Waals surface area contributed by atoms with Gasteiger partial charge < -0.3 is 0 Å². The van der Waals surface area contributed by atoms with Gasteiger partial charge in [-0.1, -0.05) is 26.2 Å². The van der Waals surface area contributed by atoms with Crippen LogP contribution < -0.4 is 0 Å². The SMILES string of the molecule is CCCCCCC(C)(C)[N+](=O)[O-]. The van der Waals surface area contributed by atoms with Crippen LogP contribution in [0.1, 0.15) is 52.9 Å². The molecule has 0 saturated carbocycles. The molecule has 0 aliphatic rings. The Balaban J connectivity index is 3.54. The minimum Gasteiger partial charge on any atom is -0.264 e. The normalized spacial score (nSPS) is 11.6. The van der Waals surface area contributed by atoms with Crippen molar-refractivity contribution in [3.05, 3.63) is 10.1 Å². The third kappa shape index (κ3) is 4.31. The van der Waals surface area contributed by atoms with E-state index in [1.54, 1.807) is 13.8 Å². The second-order valence-electron chi connectivity index (χ2n) is 3.88. The van der Waals surface area contributed by atoms with Gasteiger partial charge in [0.2, 0.25) is 5.54 Å². The first kappa shape index (κ1) is 11.4. The third-order valence-corrected chi connectivity index (χ3v) is 2.14. The smallest absolute Gasteiger partial charge is 0.216 e. The van der Waals surface area contributed by atoms with Crippen LogP contribution in [-0.2, 0) is 0 Å². The fourth-order valence-corrected chi connectivity index (χ4v) is 1.08. The lowest BCUT2D eigenvalue weighted by Gasteiger charge is -2.14. The van der Waals surface area contributed by atoms with E-state index in [0.29, 0.717) is 6.42 Å². The molecule has 0 aromatic carbocycles. The Kier molecular flexibility index (Phi) is 4.86. The van der Waals surface area contributed by atoms with Crippen LogP contribution in [0.3, 0.4) is 0 Å². The predicted molar refractivity (Wildman–Crippen MR) is 49.8 cm³/mol. The summed E-state index contributed by atoms with van der Waals surface area (Å²) < 4.78 is 0. The van der Waals surface area contributed by atoms with E-state index in [0.717, 1.165) is 12.8 Å². The predicted octanol–water partition coefficient (Wildman–Crippen LogP) is 3.01. The Labute approximate surface area is 74.3 Å². The highest BCUT2D eigenvalue weighted by molar-refractivity contribution is 4.66. The second-order valence-corrected chi connectivity index (χ2v) is 3.88. The lowest BCUT2D eigenvalue weighted by Crippen LogP contribution is -2.30. The first-order valence-corrected chi connectivity index (χ1v) is 4.65. The second kappa shape index (κ2) is 5.12. The minimum atomic E-state index is -0.728. The number of rotatable bonds is 6. The van der Waals surface area contributed by atoms with E-state index in [1.807, 2.05) is 0 Å². The Morgan fingerprint density at radius 3 is 2.25 bits per heavy atom. The maximum atomic E-state index is 10.5. The maximum absolute atomic E-state index is 10.5. The van der Waals surface area contributed by atoms with Gasteiger partial charge in [-0.25, -0.2) is 0 Å². The molecule has 3 nitrogen and oxygen atoms in total. The highest BCUT2D eigenvalue weighted by Crippen LogP contribution is 2.17. The molecule has 0 aliphatic heterocycles. The van der Waals surface area contributed by atoms with Gasteiger partial charge in [-0.2, -0.15) is 0 Å². The van der Waals surface area contributed by atoms with Crippen molar-refractivity contribution in [3.63, 3.8) is 0 Å². The number of hydrogen-bond acceptors (Lipinski definition) is 2. The van der Waals surface area contributed by atoms with Crippen molar-refractivity contribution < 1.29 is 4.92 Å². The van der Waals surface area contributed by atoms with Gasteiger partial charge in [-0.3, -0.25) is 10.1 Å². The molecule has 0 spiro atoms. The van der Waals surface area contributed by atoms with Crippen molar-refractivity contribution >= 4 is 0 Å². The quantitative estimate of drug-likeness (QED) is 0.352. The van der Waals surface area contributed by atoms with E-state index < -0.39 is 5.54 Å². The largest absolute Gasteiger partial charge is 0.264 e. The molecule has 0 atom stereocenters. The monoisotopic (exact) mass is 173 g/mol. The van der Waals surface area contributed by atoms with Gasteiger partial charge in [0.1, 0.15) is 0 Å². The molecule has 0 aliphatic carbocycles. The van der Waals surface area contributed by atoms with Gasteiger partial charge in [-0.15, -0.1) is 0 Å². The summed E-state index contributed by atoms with van der Waals surface area (Å²) in [6.45, 7) is 5.52. The Morgan fingerprint density at radius 2 is 1.83 bits per heavy atom. The summed E-state index contributed by atoms with van der Waals surface area (Å²) in [6.07, 6.45) is 5.16. The topological polar surface area (TPSA) is 43.1 Å². The van der Waals surface area contributed by atoms with Crippen molar-refractivity contribution in [3.8, 4) is 0 Å². The van der Waals surface area contributed by atoms with Crippen LogP contribution in [-0.4, -0.2) is 10.5 Å². The molecule has 0 amide bonds. The van der Waals surface area contributed by atoms with Crippen LogP contribution in [0.5, 0.6) is 0 Å². The van der Waals surface area contributed by atoms with Crippen LogP contribution >= 0.6 is 0 Å². The molecule has 72 valence electrons. The van der Waals surface area contributed by atoms with Crippen molar-refractivity contribution in [2.24, 2.45) is 0 Å². The number of nitro groups is 1. The average Bonchev–Trinajstić information content (AvgIpc) is 1.98. The van der Waals surface area contributed by atoms with Gasteiger partial charge in [0.15, 0.2) is 0 Å². The summed E-state index contributed by atoms with van der Waals surface area (Å²) in [5, 5.41) is 10.5. The molecule has 0 aromatic heterocycles. The third-order valence-electron chi connectivity index (χ3n) is 2.14. The Morgan fingerprint density at radius 1 is 1.25 bits per heavy atom. The van der Waals surface area contributed by atoms with Crippen LogP contribution in [0, 0.1) is 10.1 Å². The number of hydrogen-bond donors (Lipinski definition) is 0. The van der Waals surface area contributed by atoms with Crippen LogP contribution in [0.4, 0.5) is 0 Å². The van der Waals surface area contributed by atoms with Gasteiger partial charge >= 0.3 is 0 Å². The Hall–Kier alpha value is -0.600. The van der Waals surface area contributed by atoms with E-state index in [4.69, 9.17) is 0 Å². The fraction of sp³-hybridized carbons (Fsp3) is 1.00. The fourth-order valence-electron chi connectivity index (χ4n) is 1.08. The van der Waals surface area contributed by atoms with Crippen LogP contribution in [0.2, 0.25) is 0 Å². The van der Waals surface area contributed by atoms with Crippen molar-refractivity contribution in [2.75, 3.05) is 0 Å². The van der Waals surface area contributed by atoms with Crippen LogP contribution in [0.15, 0.2) is 0 Å². The zero-order valence-electron chi connectivity index (χ0n) is 8.30. The molecule has 0 radical (unpaired) electrons. The molecule has 0 rings (SSSR count). The molecule has 12 heavy (non-hydrogen) atoms. The zero-order chi connectivity index (χ0) is 9.61. The molecule has 0 heterocycles. The number of nitrogens with zero attached hydrogens (tertiary/aromatic N) is 1. The van der Waals surface area contributed by atoms with E-state index in [2.05, 4.69) is 6.92 Å². The first-order valence-electron chi connectivity index (χ1n) is 4.65. The average molecular weight is 173 g/mol. The summed E-state index contributed by atoms with van der Waals surface area (Å²) in [6, 6.07) is 0. The minimum absolute atomic E-state index is 0.182. The summed E-state index contributed by atoms with van der Waals surface area (Å²) >= 11 is 0. The van der Waals surface area contributed by atoms with Crippen molar-refractivity contribution in [1.82, 2.24) is 0 Å². The molecule has 0 bridgehead atoms. The standard InChI is InChI=1S/C9H19NO2/c1-4-5-6-7-8-9(2,3)10(11)12/h4-8H2,1-3H3. The molecule has 0 fully saturated rings. The molecule has 0 aromatic rings. The molecular formula is C9H19NO2. The summed E-state index contributed by atoms with van der Waals surface area (Å²) in [5.74, 6) is 0. The van der Waals surface area contributed by atoms with Gasteiger partial charge in [0.25, 0.3) is 0 Å². The van der Waals surface area contributed by atoms with Crippen LogP contribution in [0.25, 0.3) is 0 Å². The molecule has 0 saturated heterocycles. The molecule has 0 N–H and O–H groups in total. The Bertz CT molecular complexity index is 143. The highest BCUT2D eigenvalue weighted by Gasteiger charge is 2.29. The van der Waals surface area contributed by atoms with Gasteiger partial charge in [0, 0.05) is 25.2 Å². The lowest BCUT2D eigenvalue weighted by atomic mass is 9.97. The van der Waals surface area contributed by atoms with E-state index in [-0.39, 0.29) is 4.92 Å².